The lowest BCUT2D eigenvalue weighted by Gasteiger charge is -2.08. The molecule has 0 radical (unpaired) electrons. The van der Waals surface area contributed by atoms with Crippen LogP contribution in [-0.4, -0.2) is 12.1 Å². The van der Waals surface area contributed by atoms with Crippen molar-refractivity contribution in [3.05, 3.63) is 35.5 Å². The minimum Gasteiger partial charge on any atom is -0.497 e. The van der Waals surface area contributed by atoms with Gasteiger partial charge in [-0.05, 0) is 18.1 Å². The van der Waals surface area contributed by atoms with Crippen LogP contribution in [0, 0.1) is 11.6 Å². The van der Waals surface area contributed by atoms with Crippen molar-refractivity contribution in [2.24, 2.45) is 0 Å². The number of halogens is 2. The molecular formula is C12H11F2NO. The summed E-state index contributed by atoms with van der Waals surface area (Å²) in [6.07, 6.45) is 1.54. The summed E-state index contributed by atoms with van der Waals surface area (Å²) in [5.74, 6) is -0.543. The predicted octanol–water partition coefficient (Wildman–Crippen LogP) is 3.08. The van der Waals surface area contributed by atoms with Gasteiger partial charge in [-0.25, -0.2) is 8.78 Å². The smallest absolute Gasteiger partial charge is 0.153 e. The predicted molar refractivity (Wildman–Crippen MR) is 57.6 cm³/mol. The SMILES string of the molecule is CCc1c(F)cnc2c(F)cc(OC)cc12. The molecule has 0 aliphatic rings. The highest BCUT2D eigenvalue weighted by molar-refractivity contribution is 5.84. The molecule has 0 bridgehead atoms. The quantitative estimate of drug-likeness (QED) is 0.780. The summed E-state index contributed by atoms with van der Waals surface area (Å²) in [6, 6.07) is 2.85. The number of methoxy groups -OCH3 is 1. The number of nitrogens with zero attached hydrogens (tertiary/aromatic N) is 1. The first-order chi connectivity index (χ1) is 7.67. The average Bonchev–Trinajstić information content (AvgIpc) is 2.28. The Bertz CT molecular complexity index is 540. The fourth-order valence-corrected chi connectivity index (χ4v) is 1.74. The summed E-state index contributed by atoms with van der Waals surface area (Å²) in [5.41, 5.74) is 0.641. The van der Waals surface area contributed by atoms with E-state index < -0.39 is 11.6 Å². The van der Waals surface area contributed by atoms with Crippen LogP contribution in [0.15, 0.2) is 18.3 Å². The Labute approximate surface area is 91.9 Å². The first kappa shape index (κ1) is 10.8. The monoisotopic (exact) mass is 223 g/mol. The minimum absolute atomic E-state index is 0.180. The van der Waals surface area contributed by atoms with E-state index in [1.54, 1.807) is 6.07 Å². The van der Waals surface area contributed by atoms with Crippen LogP contribution in [-0.2, 0) is 6.42 Å². The van der Waals surface area contributed by atoms with Gasteiger partial charge in [0.2, 0.25) is 0 Å². The number of hydrogen-bond donors (Lipinski definition) is 0. The molecule has 0 spiro atoms. The van der Waals surface area contributed by atoms with Gasteiger partial charge in [0.15, 0.2) is 5.82 Å². The summed E-state index contributed by atoms with van der Waals surface area (Å²) >= 11 is 0. The number of benzene rings is 1. The number of fused-ring (bicyclic) bond motifs is 1. The summed E-state index contributed by atoms with van der Waals surface area (Å²) in [6.45, 7) is 1.81. The molecule has 84 valence electrons. The Balaban J connectivity index is 2.85. The molecule has 0 aliphatic heterocycles. The maximum absolute atomic E-state index is 13.6. The summed E-state index contributed by atoms with van der Waals surface area (Å²) in [7, 11) is 1.44. The lowest BCUT2D eigenvalue weighted by Crippen LogP contribution is -1.96. The van der Waals surface area contributed by atoms with Crippen LogP contribution < -0.4 is 4.74 Å². The van der Waals surface area contributed by atoms with E-state index in [0.717, 1.165) is 6.20 Å². The number of hydrogen-bond acceptors (Lipinski definition) is 2. The van der Waals surface area contributed by atoms with Gasteiger partial charge >= 0.3 is 0 Å². The maximum atomic E-state index is 13.6. The van der Waals surface area contributed by atoms with Crippen LogP contribution in [0.4, 0.5) is 8.78 Å². The second-order valence-electron chi connectivity index (χ2n) is 3.44. The molecule has 0 fully saturated rings. The zero-order chi connectivity index (χ0) is 11.7. The Kier molecular flexibility index (Phi) is 2.73. The van der Waals surface area contributed by atoms with Crippen molar-refractivity contribution in [1.29, 1.82) is 0 Å². The molecule has 1 heterocycles. The van der Waals surface area contributed by atoms with Gasteiger partial charge < -0.3 is 4.74 Å². The number of aromatic nitrogens is 1. The van der Waals surface area contributed by atoms with Gasteiger partial charge in [0.1, 0.15) is 17.1 Å². The Morgan fingerprint density at radius 2 is 2.00 bits per heavy atom. The van der Waals surface area contributed by atoms with Crippen molar-refractivity contribution >= 4 is 10.9 Å². The Hall–Kier alpha value is -1.71. The van der Waals surface area contributed by atoms with Gasteiger partial charge in [-0.2, -0.15) is 0 Å². The molecule has 0 unspecified atom stereocenters. The van der Waals surface area contributed by atoms with E-state index in [0.29, 0.717) is 23.1 Å². The molecular weight excluding hydrogens is 212 g/mol. The van der Waals surface area contributed by atoms with Crippen molar-refractivity contribution in [3.63, 3.8) is 0 Å². The maximum Gasteiger partial charge on any atom is 0.153 e. The molecule has 0 amide bonds. The Morgan fingerprint density at radius 1 is 1.25 bits per heavy atom. The summed E-state index contributed by atoms with van der Waals surface area (Å²) < 4.78 is 32.0. The largest absolute Gasteiger partial charge is 0.497 e. The standard InChI is InChI=1S/C12H11F2NO/c1-3-8-9-4-7(16-2)5-10(13)12(9)15-6-11(8)14/h4-6H,3H2,1-2H3. The van der Waals surface area contributed by atoms with Crippen molar-refractivity contribution in [3.8, 4) is 5.75 Å². The zero-order valence-electron chi connectivity index (χ0n) is 9.05. The molecule has 0 aliphatic carbocycles. The van der Waals surface area contributed by atoms with E-state index in [2.05, 4.69) is 4.98 Å². The van der Waals surface area contributed by atoms with E-state index >= 15 is 0 Å². The second kappa shape index (κ2) is 4.04. The number of rotatable bonds is 2. The van der Waals surface area contributed by atoms with E-state index in [-0.39, 0.29) is 5.52 Å². The van der Waals surface area contributed by atoms with Crippen LogP contribution in [0.2, 0.25) is 0 Å². The molecule has 2 nitrogen and oxygen atoms in total. The van der Waals surface area contributed by atoms with Crippen LogP contribution in [0.25, 0.3) is 10.9 Å². The summed E-state index contributed by atoms with van der Waals surface area (Å²) in [5, 5.41) is 0.472. The third kappa shape index (κ3) is 1.60. The van der Waals surface area contributed by atoms with Crippen LogP contribution in [0.3, 0.4) is 0 Å². The van der Waals surface area contributed by atoms with Gasteiger partial charge in [-0.1, -0.05) is 6.92 Å². The van der Waals surface area contributed by atoms with E-state index in [9.17, 15) is 8.78 Å². The van der Waals surface area contributed by atoms with Crippen molar-refractivity contribution in [2.75, 3.05) is 7.11 Å². The second-order valence-corrected chi connectivity index (χ2v) is 3.44. The normalized spacial score (nSPS) is 10.8. The highest BCUT2D eigenvalue weighted by atomic mass is 19.1. The van der Waals surface area contributed by atoms with Crippen LogP contribution in [0.5, 0.6) is 5.75 Å². The third-order valence-corrected chi connectivity index (χ3v) is 2.55. The molecule has 16 heavy (non-hydrogen) atoms. The van der Waals surface area contributed by atoms with Gasteiger partial charge in [0.05, 0.1) is 13.3 Å². The topological polar surface area (TPSA) is 22.1 Å². The van der Waals surface area contributed by atoms with E-state index in [1.807, 2.05) is 6.92 Å². The van der Waals surface area contributed by atoms with Gasteiger partial charge in [0.25, 0.3) is 0 Å². The zero-order valence-corrected chi connectivity index (χ0v) is 9.05. The number of aryl methyl sites for hydroxylation is 1. The van der Waals surface area contributed by atoms with Gasteiger partial charge in [0, 0.05) is 11.5 Å². The Morgan fingerprint density at radius 3 is 2.62 bits per heavy atom. The average molecular weight is 223 g/mol. The van der Waals surface area contributed by atoms with Gasteiger partial charge in [-0.15, -0.1) is 0 Å². The lowest BCUT2D eigenvalue weighted by molar-refractivity contribution is 0.412. The molecule has 2 aromatic rings. The van der Waals surface area contributed by atoms with E-state index in [1.165, 1.54) is 13.2 Å². The molecule has 0 saturated carbocycles. The lowest BCUT2D eigenvalue weighted by atomic mass is 10.1. The third-order valence-electron chi connectivity index (χ3n) is 2.55. The molecule has 0 saturated heterocycles. The summed E-state index contributed by atoms with van der Waals surface area (Å²) in [4.78, 5) is 3.76. The highest BCUT2D eigenvalue weighted by Crippen LogP contribution is 2.27. The van der Waals surface area contributed by atoms with Crippen LogP contribution >= 0.6 is 0 Å². The van der Waals surface area contributed by atoms with Crippen molar-refractivity contribution < 1.29 is 13.5 Å². The number of pyridine rings is 1. The fourth-order valence-electron chi connectivity index (χ4n) is 1.74. The minimum atomic E-state index is -0.496. The van der Waals surface area contributed by atoms with E-state index in [4.69, 9.17) is 4.74 Å². The molecule has 0 N–H and O–H groups in total. The van der Waals surface area contributed by atoms with Crippen molar-refractivity contribution in [1.82, 2.24) is 4.98 Å². The van der Waals surface area contributed by atoms with Crippen molar-refractivity contribution in [2.45, 2.75) is 13.3 Å². The molecule has 1 aromatic carbocycles. The number of ether oxygens (including phenoxy) is 1. The molecule has 2 rings (SSSR count). The molecule has 4 heteroatoms. The van der Waals surface area contributed by atoms with Crippen LogP contribution in [0.1, 0.15) is 12.5 Å². The fraction of sp³-hybridized carbons (Fsp3) is 0.250. The molecule has 1 aromatic heterocycles. The highest BCUT2D eigenvalue weighted by Gasteiger charge is 2.12. The first-order valence-corrected chi connectivity index (χ1v) is 4.98. The first-order valence-electron chi connectivity index (χ1n) is 4.98. The molecule has 0 atom stereocenters. The van der Waals surface area contributed by atoms with Gasteiger partial charge in [-0.3, -0.25) is 4.98 Å².